The first-order valence-electron chi connectivity index (χ1n) is 7.18. The van der Waals surface area contributed by atoms with Crippen molar-refractivity contribution in [2.24, 2.45) is 5.41 Å². The van der Waals surface area contributed by atoms with Crippen LogP contribution in [0.2, 0.25) is 0 Å². The molecule has 2 rings (SSSR count). The van der Waals surface area contributed by atoms with Gasteiger partial charge >= 0.3 is 6.09 Å². The first-order chi connectivity index (χ1) is 9.71. The molecular formula is C15H23N3O3. The van der Waals surface area contributed by atoms with Gasteiger partial charge in [0.15, 0.2) is 0 Å². The van der Waals surface area contributed by atoms with Gasteiger partial charge in [0.05, 0.1) is 5.69 Å². The molecule has 2 heterocycles. The summed E-state index contributed by atoms with van der Waals surface area (Å²) in [4.78, 5) is 25.1. The molecule has 1 amide bonds. The van der Waals surface area contributed by atoms with Crippen molar-refractivity contribution >= 4 is 11.8 Å². The maximum absolute atomic E-state index is 12.1. The lowest BCUT2D eigenvalue weighted by Gasteiger charge is -2.44. The number of aromatic nitrogens is 1. The molecule has 21 heavy (non-hydrogen) atoms. The predicted molar refractivity (Wildman–Crippen MR) is 81.4 cm³/mol. The molecule has 116 valence electrons. The van der Waals surface area contributed by atoms with Gasteiger partial charge in [0.2, 0.25) is 0 Å². The van der Waals surface area contributed by atoms with E-state index in [1.807, 2.05) is 20.8 Å². The van der Waals surface area contributed by atoms with Crippen LogP contribution >= 0.6 is 0 Å². The SMILES string of the molecule is CC(C)(C)C1CC(n2cccc(N)c2=O)CCN1C(=O)O. The summed E-state index contributed by atoms with van der Waals surface area (Å²) in [7, 11) is 0. The van der Waals surface area contributed by atoms with E-state index in [1.165, 1.54) is 4.90 Å². The van der Waals surface area contributed by atoms with Crippen LogP contribution in [-0.4, -0.2) is 33.3 Å². The number of carbonyl (C=O) groups is 1. The monoisotopic (exact) mass is 293 g/mol. The average Bonchev–Trinajstić information content (AvgIpc) is 2.40. The molecule has 2 unspecified atom stereocenters. The Morgan fingerprint density at radius 2 is 2.10 bits per heavy atom. The number of nitrogen functional groups attached to an aromatic ring is 1. The number of anilines is 1. The first-order valence-corrected chi connectivity index (χ1v) is 7.18. The minimum Gasteiger partial charge on any atom is -0.465 e. The fraction of sp³-hybridized carbons (Fsp3) is 0.600. The van der Waals surface area contributed by atoms with Gasteiger partial charge in [-0.25, -0.2) is 4.79 Å². The maximum atomic E-state index is 12.1. The summed E-state index contributed by atoms with van der Waals surface area (Å²) < 4.78 is 1.65. The smallest absolute Gasteiger partial charge is 0.407 e. The number of nitrogens with two attached hydrogens (primary N) is 1. The van der Waals surface area contributed by atoms with E-state index in [0.717, 1.165) is 0 Å². The second-order valence-corrected chi connectivity index (χ2v) is 6.71. The molecule has 6 nitrogen and oxygen atoms in total. The van der Waals surface area contributed by atoms with Gasteiger partial charge in [0.25, 0.3) is 5.56 Å². The van der Waals surface area contributed by atoms with Crippen molar-refractivity contribution in [3.05, 3.63) is 28.7 Å². The first kappa shape index (κ1) is 15.4. The minimum absolute atomic E-state index is 0.0131. The molecule has 0 spiro atoms. The zero-order valence-corrected chi connectivity index (χ0v) is 12.7. The van der Waals surface area contributed by atoms with Crippen LogP contribution in [0.15, 0.2) is 23.1 Å². The summed E-state index contributed by atoms with van der Waals surface area (Å²) >= 11 is 0. The quantitative estimate of drug-likeness (QED) is 0.830. The zero-order valence-electron chi connectivity index (χ0n) is 12.7. The number of amides is 1. The summed E-state index contributed by atoms with van der Waals surface area (Å²) in [6.07, 6.45) is 2.09. The number of hydrogen-bond donors (Lipinski definition) is 2. The summed E-state index contributed by atoms with van der Waals surface area (Å²) in [5.74, 6) is 0. The van der Waals surface area contributed by atoms with Gasteiger partial charge in [0, 0.05) is 24.8 Å². The molecule has 6 heteroatoms. The largest absolute Gasteiger partial charge is 0.465 e. The number of pyridine rings is 1. The van der Waals surface area contributed by atoms with E-state index in [1.54, 1.807) is 22.9 Å². The molecule has 3 N–H and O–H groups in total. The van der Waals surface area contributed by atoms with Crippen molar-refractivity contribution < 1.29 is 9.90 Å². The van der Waals surface area contributed by atoms with Crippen molar-refractivity contribution in [2.45, 2.75) is 45.7 Å². The van der Waals surface area contributed by atoms with Crippen molar-refractivity contribution in [1.29, 1.82) is 0 Å². The van der Waals surface area contributed by atoms with Gasteiger partial charge in [-0.1, -0.05) is 20.8 Å². The second kappa shape index (κ2) is 5.42. The molecule has 0 aromatic carbocycles. The van der Waals surface area contributed by atoms with Gasteiger partial charge in [-0.3, -0.25) is 4.79 Å². The maximum Gasteiger partial charge on any atom is 0.407 e. The lowest BCUT2D eigenvalue weighted by molar-refractivity contribution is 0.0423. The van der Waals surface area contributed by atoms with Crippen molar-refractivity contribution in [1.82, 2.24) is 9.47 Å². The Morgan fingerprint density at radius 1 is 1.43 bits per heavy atom. The molecule has 1 aromatic rings. The standard InChI is InChI=1S/C15H23N3O3/c1-15(2,3)12-9-10(6-8-18(12)14(20)21)17-7-4-5-11(16)13(17)19/h4-5,7,10,12H,6,8-9,16H2,1-3H3,(H,20,21). The summed E-state index contributed by atoms with van der Waals surface area (Å²) in [5.41, 5.74) is 5.54. The van der Waals surface area contributed by atoms with Gasteiger partial charge < -0.3 is 20.3 Å². The topological polar surface area (TPSA) is 88.6 Å². The minimum atomic E-state index is -0.895. The number of carboxylic acid groups (broad SMARTS) is 1. The molecule has 2 atom stereocenters. The number of piperidine rings is 1. The van der Waals surface area contributed by atoms with E-state index in [2.05, 4.69) is 0 Å². The van der Waals surface area contributed by atoms with Gasteiger partial charge in [-0.05, 0) is 30.4 Å². The molecule has 1 fully saturated rings. The van der Waals surface area contributed by atoms with E-state index < -0.39 is 6.09 Å². The third-order valence-corrected chi connectivity index (χ3v) is 4.22. The van der Waals surface area contributed by atoms with Gasteiger partial charge in [0.1, 0.15) is 0 Å². The van der Waals surface area contributed by atoms with Crippen LogP contribution in [0.25, 0.3) is 0 Å². The molecule has 1 saturated heterocycles. The van der Waals surface area contributed by atoms with Crippen molar-refractivity contribution in [3.8, 4) is 0 Å². The Kier molecular flexibility index (Phi) is 3.98. The second-order valence-electron chi connectivity index (χ2n) is 6.71. The molecular weight excluding hydrogens is 270 g/mol. The molecule has 0 aliphatic carbocycles. The molecule has 0 radical (unpaired) electrons. The fourth-order valence-electron chi connectivity index (χ4n) is 3.06. The fourth-order valence-corrected chi connectivity index (χ4v) is 3.06. The normalized spacial score (nSPS) is 23.1. The predicted octanol–water partition coefficient (Wildman–Crippen LogP) is 2.16. The zero-order chi connectivity index (χ0) is 15.8. The summed E-state index contributed by atoms with van der Waals surface area (Å²) in [6.45, 7) is 6.51. The molecule has 1 aromatic heterocycles. The highest BCUT2D eigenvalue weighted by molar-refractivity contribution is 5.65. The number of likely N-dealkylation sites (tertiary alicyclic amines) is 1. The van der Waals surface area contributed by atoms with Crippen LogP contribution in [0.3, 0.4) is 0 Å². The summed E-state index contributed by atoms with van der Waals surface area (Å²) in [5, 5.41) is 9.36. The lowest BCUT2D eigenvalue weighted by Crippen LogP contribution is -2.52. The van der Waals surface area contributed by atoms with Crippen LogP contribution in [0, 0.1) is 5.41 Å². The van der Waals surface area contributed by atoms with Crippen LogP contribution in [0.1, 0.15) is 39.7 Å². The lowest BCUT2D eigenvalue weighted by atomic mass is 9.79. The van der Waals surface area contributed by atoms with Crippen LogP contribution in [0.5, 0.6) is 0 Å². The van der Waals surface area contributed by atoms with E-state index >= 15 is 0 Å². The highest BCUT2D eigenvalue weighted by Crippen LogP contribution is 2.36. The number of rotatable bonds is 1. The van der Waals surface area contributed by atoms with Gasteiger partial charge in [-0.2, -0.15) is 0 Å². The van der Waals surface area contributed by atoms with E-state index in [4.69, 9.17) is 5.73 Å². The highest BCUT2D eigenvalue weighted by Gasteiger charge is 2.39. The summed E-state index contributed by atoms with van der Waals surface area (Å²) in [6, 6.07) is 3.21. The van der Waals surface area contributed by atoms with Crippen LogP contribution in [-0.2, 0) is 0 Å². The third-order valence-electron chi connectivity index (χ3n) is 4.22. The Hall–Kier alpha value is -1.98. The van der Waals surface area contributed by atoms with E-state index in [9.17, 15) is 14.7 Å². The number of nitrogens with zero attached hydrogens (tertiary/aromatic N) is 2. The molecule has 1 aliphatic rings. The van der Waals surface area contributed by atoms with E-state index in [-0.39, 0.29) is 28.7 Å². The van der Waals surface area contributed by atoms with Crippen molar-refractivity contribution in [3.63, 3.8) is 0 Å². The Bertz CT molecular complexity index is 589. The Morgan fingerprint density at radius 3 is 2.67 bits per heavy atom. The third kappa shape index (κ3) is 3.04. The van der Waals surface area contributed by atoms with Crippen molar-refractivity contribution in [2.75, 3.05) is 12.3 Å². The Labute approximate surface area is 124 Å². The van der Waals surface area contributed by atoms with Gasteiger partial charge in [-0.15, -0.1) is 0 Å². The molecule has 1 aliphatic heterocycles. The van der Waals surface area contributed by atoms with Crippen LogP contribution in [0.4, 0.5) is 10.5 Å². The molecule has 0 bridgehead atoms. The Balaban J connectivity index is 2.32. The van der Waals surface area contributed by atoms with E-state index in [0.29, 0.717) is 19.4 Å². The average molecular weight is 293 g/mol. The molecule has 0 saturated carbocycles. The number of hydrogen-bond acceptors (Lipinski definition) is 3. The van der Waals surface area contributed by atoms with Crippen LogP contribution < -0.4 is 11.3 Å². The highest BCUT2D eigenvalue weighted by atomic mass is 16.4.